The Bertz CT molecular complexity index is 687. The largest absolute Gasteiger partial charge is 0.460 e. The standard InChI is InChI=1S/C17H22F2N2O5/c1-16(2,3)26-14(22)10-17(23)4-6-20(7-5-17)15-12(18)8-11(21(24)25)9-13(15)19/h8-9,23H,4-7,10H2,1-3H3. The monoisotopic (exact) mass is 372 g/mol. The molecule has 1 aliphatic heterocycles. The Morgan fingerprint density at radius 1 is 1.31 bits per heavy atom. The number of anilines is 1. The molecule has 0 aromatic heterocycles. The van der Waals surface area contributed by atoms with Crippen LogP contribution in [-0.4, -0.2) is 40.3 Å². The van der Waals surface area contributed by atoms with Crippen LogP contribution in [0.5, 0.6) is 0 Å². The molecule has 1 saturated heterocycles. The van der Waals surface area contributed by atoms with Crippen molar-refractivity contribution in [3.8, 4) is 0 Å². The maximum atomic E-state index is 14.1. The summed E-state index contributed by atoms with van der Waals surface area (Å²) in [5, 5.41) is 21.2. The van der Waals surface area contributed by atoms with Crippen LogP contribution in [0.1, 0.15) is 40.0 Å². The number of ether oxygens (including phenoxy) is 1. The number of hydrogen-bond donors (Lipinski definition) is 1. The molecule has 7 nitrogen and oxygen atoms in total. The van der Waals surface area contributed by atoms with Crippen LogP contribution in [0.15, 0.2) is 12.1 Å². The maximum Gasteiger partial charge on any atom is 0.309 e. The van der Waals surface area contributed by atoms with Gasteiger partial charge < -0.3 is 14.7 Å². The Balaban J connectivity index is 2.06. The predicted molar refractivity (Wildman–Crippen MR) is 89.9 cm³/mol. The van der Waals surface area contributed by atoms with Gasteiger partial charge in [0.1, 0.15) is 11.3 Å². The van der Waals surface area contributed by atoms with Crippen molar-refractivity contribution in [3.63, 3.8) is 0 Å². The van der Waals surface area contributed by atoms with Gasteiger partial charge in [-0.25, -0.2) is 8.78 Å². The van der Waals surface area contributed by atoms with Crippen LogP contribution in [0, 0.1) is 21.7 Å². The first-order valence-corrected chi connectivity index (χ1v) is 8.23. The summed E-state index contributed by atoms with van der Waals surface area (Å²) in [6.07, 6.45) is 0.0214. The molecular formula is C17H22F2N2O5. The molecule has 0 amide bonds. The first-order valence-electron chi connectivity index (χ1n) is 8.23. The van der Waals surface area contributed by atoms with E-state index in [2.05, 4.69) is 0 Å². The molecule has 1 aromatic rings. The Labute approximate surface area is 149 Å². The summed E-state index contributed by atoms with van der Waals surface area (Å²) in [5.74, 6) is -2.61. The van der Waals surface area contributed by atoms with E-state index in [4.69, 9.17) is 4.74 Å². The molecule has 26 heavy (non-hydrogen) atoms. The Morgan fingerprint density at radius 3 is 2.23 bits per heavy atom. The number of aliphatic hydroxyl groups is 1. The molecule has 1 heterocycles. The van der Waals surface area contributed by atoms with E-state index in [1.165, 1.54) is 4.90 Å². The van der Waals surface area contributed by atoms with Crippen molar-refractivity contribution in [1.82, 2.24) is 0 Å². The highest BCUT2D eigenvalue weighted by molar-refractivity contribution is 5.71. The van der Waals surface area contributed by atoms with Crippen LogP contribution in [0.3, 0.4) is 0 Å². The second-order valence-corrected chi connectivity index (χ2v) is 7.49. The number of carbonyl (C=O) groups excluding carboxylic acids is 1. The number of nitrogens with zero attached hydrogens (tertiary/aromatic N) is 2. The third kappa shape index (κ3) is 4.87. The average Bonchev–Trinajstić information content (AvgIpc) is 2.46. The van der Waals surface area contributed by atoms with Crippen molar-refractivity contribution in [1.29, 1.82) is 0 Å². The lowest BCUT2D eigenvalue weighted by Crippen LogP contribution is -2.46. The smallest absolute Gasteiger partial charge is 0.309 e. The zero-order valence-electron chi connectivity index (χ0n) is 14.9. The Kier molecular flexibility index (Phi) is 5.50. The van der Waals surface area contributed by atoms with Gasteiger partial charge in [0.25, 0.3) is 5.69 Å². The van der Waals surface area contributed by atoms with Gasteiger partial charge in [0.15, 0.2) is 11.6 Å². The number of benzene rings is 1. The van der Waals surface area contributed by atoms with Crippen LogP contribution >= 0.6 is 0 Å². The minimum Gasteiger partial charge on any atom is -0.460 e. The molecular weight excluding hydrogens is 350 g/mol. The highest BCUT2D eigenvalue weighted by Crippen LogP contribution is 2.34. The number of halogens is 2. The van der Waals surface area contributed by atoms with E-state index in [1.807, 2.05) is 0 Å². The number of nitro groups is 1. The maximum absolute atomic E-state index is 14.1. The fourth-order valence-corrected chi connectivity index (χ4v) is 2.93. The van der Waals surface area contributed by atoms with Gasteiger partial charge >= 0.3 is 5.97 Å². The normalized spacial score (nSPS) is 17.1. The van der Waals surface area contributed by atoms with Crippen molar-refractivity contribution >= 4 is 17.3 Å². The summed E-state index contributed by atoms with van der Waals surface area (Å²) >= 11 is 0. The summed E-state index contributed by atoms with van der Waals surface area (Å²) in [4.78, 5) is 23.1. The van der Waals surface area contributed by atoms with Gasteiger partial charge in [-0.15, -0.1) is 0 Å². The molecule has 1 N–H and O–H groups in total. The van der Waals surface area contributed by atoms with E-state index in [9.17, 15) is 28.8 Å². The van der Waals surface area contributed by atoms with Gasteiger partial charge in [0, 0.05) is 13.1 Å². The Hall–Kier alpha value is -2.29. The second-order valence-electron chi connectivity index (χ2n) is 7.49. The van der Waals surface area contributed by atoms with E-state index in [1.54, 1.807) is 20.8 Å². The lowest BCUT2D eigenvalue weighted by molar-refractivity contribution is -0.385. The minimum atomic E-state index is -1.31. The van der Waals surface area contributed by atoms with Crippen molar-refractivity contribution in [2.75, 3.05) is 18.0 Å². The summed E-state index contributed by atoms with van der Waals surface area (Å²) in [5.41, 5.74) is -3.01. The third-order valence-corrected chi connectivity index (χ3v) is 4.12. The molecule has 0 aliphatic carbocycles. The number of non-ortho nitro benzene ring substituents is 1. The predicted octanol–water partition coefficient (Wildman–Crippen LogP) is 2.94. The fourth-order valence-electron chi connectivity index (χ4n) is 2.93. The molecule has 9 heteroatoms. The van der Waals surface area contributed by atoms with Gasteiger partial charge in [-0.3, -0.25) is 14.9 Å². The number of nitro benzene ring substituents is 1. The molecule has 1 fully saturated rings. The lowest BCUT2D eigenvalue weighted by atomic mass is 9.88. The van der Waals surface area contributed by atoms with Crippen molar-refractivity contribution < 1.29 is 28.3 Å². The number of rotatable bonds is 4. The van der Waals surface area contributed by atoms with Gasteiger partial charge in [-0.05, 0) is 33.6 Å². The first kappa shape index (κ1) is 20.0. The van der Waals surface area contributed by atoms with Crippen LogP contribution in [0.4, 0.5) is 20.2 Å². The lowest BCUT2D eigenvalue weighted by Gasteiger charge is -2.39. The van der Waals surface area contributed by atoms with E-state index < -0.39 is 39.4 Å². The molecule has 0 atom stereocenters. The molecule has 0 unspecified atom stereocenters. The molecule has 0 radical (unpaired) electrons. The van der Waals surface area contributed by atoms with Crippen LogP contribution < -0.4 is 4.90 Å². The number of esters is 1. The molecule has 144 valence electrons. The summed E-state index contributed by atoms with van der Waals surface area (Å²) in [6.45, 7) is 5.36. The molecule has 1 aromatic carbocycles. The quantitative estimate of drug-likeness (QED) is 0.496. The van der Waals surface area contributed by atoms with Crippen LogP contribution in [0.25, 0.3) is 0 Å². The first-order chi connectivity index (χ1) is 11.9. The van der Waals surface area contributed by atoms with Gasteiger partial charge in [-0.2, -0.15) is 0 Å². The van der Waals surface area contributed by atoms with Crippen molar-refractivity contribution in [3.05, 3.63) is 33.9 Å². The van der Waals surface area contributed by atoms with E-state index in [0.29, 0.717) is 12.1 Å². The van der Waals surface area contributed by atoms with E-state index in [0.717, 1.165) is 0 Å². The zero-order chi connectivity index (χ0) is 19.7. The third-order valence-electron chi connectivity index (χ3n) is 4.12. The van der Waals surface area contributed by atoms with E-state index in [-0.39, 0.29) is 38.0 Å². The number of hydrogen-bond acceptors (Lipinski definition) is 6. The molecule has 0 bridgehead atoms. The SMILES string of the molecule is CC(C)(C)OC(=O)CC1(O)CCN(c2c(F)cc([N+](=O)[O-])cc2F)CC1. The summed E-state index contributed by atoms with van der Waals surface area (Å²) in [7, 11) is 0. The average molecular weight is 372 g/mol. The number of carbonyl (C=O) groups is 1. The fraction of sp³-hybridized carbons (Fsp3) is 0.588. The van der Waals surface area contributed by atoms with Gasteiger partial charge in [-0.1, -0.05) is 0 Å². The van der Waals surface area contributed by atoms with Crippen molar-refractivity contribution in [2.45, 2.75) is 51.2 Å². The summed E-state index contributed by atoms with van der Waals surface area (Å²) < 4.78 is 33.4. The molecule has 0 spiro atoms. The summed E-state index contributed by atoms with van der Waals surface area (Å²) in [6, 6.07) is 1.33. The zero-order valence-corrected chi connectivity index (χ0v) is 14.9. The second kappa shape index (κ2) is 7.14. The molecule has 0 saturated carbocycles. The van der Waals surface area contributed by atoms with Gasteiger partial charge in [0.2, 0.25) is 0 Å². The topological polar surface area (TPSA) is 92.9 Å². The Morgan fingerprint density at radius 2 is 1.81 bits per heavy atom. The van der Waals surface area contributed by atoms with E-state index >= 15 is 0 Å². The molecule has 1 aliphatic rings. The van der Waals surface area contributed by atoms with Crippen LogP contribution in [-0.2, 0) is 9.53 Å². The van der Waals surface area contributed by atoms with Crippen LogP contribution in [0.2, 0.25) is 0 Å². The minimum absolute atomic E-state index is 0.102. The highest BCUT2D eigenvalue weighted by atomic mass is 19.1. The molecule has 2 rings (SSSR count). The highest BCUT2D eigenvalue weighted by Gasteiger charge is 2.37. The van der Waals surface area contributed by atoms with Gasteiger partial charge in [0.05, 0.1) is 29.1 Å². The van der Waals surface area contributed by atoms with Crippen molar-refractivity contribution in [2.24, 2.45) is 0 Å². The number of piperidine rings is 1.